The number of rotatable bonds is 5. The van der Waals surface area contributed by atoms with Gasteiger partial charge in [0.2, 0.25) is 0 Å². The van der Waals surface area contributed by atoms with E-state index in [1.165, 1.54) is 19.3 Å². The molecular formula is C21H13Cl3N2O3. The van der Waals surface area contributed by atoms with Crippen molar-refractivity contribution in [2.75, 3.05) is 12.4 Å². The predicted octanol–water partition coefficient (Wildman–Crippen LogP) is 6.46. The third-order valence-corrected chi connectivity index (χ3v) is 4.67. The van der Waals surface area contributed by atoms with Gasteiger partial charge in [0.25, 0.3) is 5.91 Å². The van der Waals surface area contributed by atoms with E-state index in [4.69, 9.17) is 44.0 Å². The highest BCUT2D eigenvalue weighted by atomic mass is 35.5. The standard InChI is InChI=1S/C21H13Cl3N2O3/c1-28-20-6-3-14(23)10-18(20)26-21(27)12(11-25)8-15-4-7-19(29-15)16-5-2-13(22)9-17(16)24/h2-10H,1H3,(H,26,27)/b12-8+. The highest BCUT2D eigenvalue weighted by Gasteiger charge is 2.15. The molecule has 0 aliphatic rings. The number of nitrogens with one attached hydrogen (secondary N) is 1. The molecule has 0 aliphatic carbocycles. The number of nitriles is 1. The summed E-state index contributed by atoms with van der Waals surface area (Å²) in [5.41, 5.74) is 0.830. The van der Waals surface area contributed by atoms with E-state index in [-0.39, 0.29) is 5.57 Å². The molecule has 146 valence electrons. The van der Waals surface area contributed by atoms with Gasteiger partial charge in [-0.2, -0.15) is 5.26 Å². The first-order valence-electron chi connectivity index (χ1n) is 8.23. The average molecular weight is 448 g/mol. The highest BCUT2D eigenvalue weighted by Crippen LogP contribution is 2.32. The smallest absolute Gasteiger partial charge is 0.266 e. The second kappa shape index (κ2) is 9.06. The van der Waals surface area contributed by atoms with Crippen LogP contribution >= 0.6 is 34.8 Å². The van der Waals surface area contributed by atoms with Crippen molar-refractivity contribution in [2.45, 2.75) is 0 Å². The molecule has 5 nitrogen and oxygen atoms in total. The van der Waals surface area contributed by atoms with Crippen molar-refractivity contribution in [3.05, 3.63) is 74.9 Å². The van der Waals surface area contributed by atoms with Gasteiger partial charge < -0.3 is 14.5 Å². The van der Waals surface area contributed by atoms with Crippen LogP contribution in [0.5, 0.6) is 5.75 Å². The van der Waals surface area contributed by atoms with Gasteiger partial charge in [0.1, 0.15) is 28.9 Å². The van der Waals surface area contributed by atoms with Crippen LogP contribution in [-0.2, 0) is 4.79 Å². The van der Waals surface area contributed by atoms with Crippen LogP contribution in [0, 0.1) is 11.3 Å². The van der Waals surface area contributed by atoms with E-state index in [0.717, 1.165) is 0 Å². The van der Waals surface area contributed by atoms with Gasteiger partial charge in [-0.1, -0.05) is 34.8 Å². The van der Waals surface area contributed by atoms with Crippen molar-refractivity contribution < 1.29 is 13.9 Å². The Hall–Kier alpha value is -2.91. The number of benzene rings is 2. The molecule has 0 saturated heterocycles. The van der Waals surface area contributed by atoms with E-state index in [9.17, 15) is 10.1 Å². The first-order chi connectivity index (χ1) is 13.9. The summed E-state index contributed by atoms with van der Waals surface area (Å²) < 4.78 is 10.9. The lowest BCUT2D eigenvalue weighted by atomic mass is 10.2. The number of halogens is 3. The molecule has 8 heteroatoms. The minimum Gasteiger partial charge on any atom is -0.495 e. The van der Waals surface area contributed by atoms with E-state index >= 15 is 0 Å². The SMILES string of the molecule is COc1ccc(Cl)cc1NC(=O)/C(C#N)=C/c1ccc(-c2ccc(Cl)cc2Cl)o1. The molecule has 0 saturated carbocycles. The van der Waals surface area contributed by atoms with Crippen molar-refractivity contribution in [3.63, 3.8) is 0 Å². The number of methoxy groups -OCH3 is 1. The minimum absolute atomic E-state index is 0.157. The van der Waals surface area contributed by atoms with Gasteiger partial charge in [-0.15, -0.1) is 0 Å². The molecule has 29 heavy (non-hydrogen) atoms. The summed E-state index contributed by atoms with van der Waals surface area (Å²) in [6, 6.07) is 15.0. The molecule has 0 unspecified atom stereocenters. The maximum absolute atomic E-state index is 12.5. The lowest BCUT2D eigenvalue weighted by Gasteiger charge is -2.09. The number of ether oxygens (including phenoxy) is 1. The third kappa shape index (κ3) is 4.93. The number of hydrogen-bond acceptors (Lipinski definition) is 4. The Morgan fingerprint density at radius 2 is 1.83 bits per heavy atom. The summed E-state index contributed by atoms with van der Waals surface area (Å²) in [5, 5.41) is 13.4. The molecule has 1 N–H and O–H groups in total. The Morgan fingerprint density at radius 3 is 2.52 bits per heavy atom. The molecule has 0 spiro atoms. The molecule has 0 radical (unpaired) electrons. The lowest BCUT2D eigenvalue weighted by Crippen LogP contribution is -2.14. The first kappa shape index (κ1) is 20.8. The monoisotopic (exact) mass is 446 g/mol. The van der Waals surface area contributed by atoms with Crippen LogP contribution in [0.1, 0.15) is 5.76 Å². The van der Waals surface area contributed by atoms with Crippen LogP contribution in [0.25, 0.3) is 17.4 Å². The fourth-order valence-electron chi connectivity index (χ4n) is 2.52. The molecule has 0 aliphatic heterocycles. The predicted molar refractivity (Wildman–Crippen MR) is 114 cm³/mol. The number of carbonyl (C=O) groups is 1. The van der Waals surface area contributed by atoms with Crippen LogP contribution in [-0.4, -0.2) is 13.0 Å². The quantitative estimate of drug-likeness (QED) is 0.360. The maximum atomic E-state index is 12.5. The Kier molecular flexibility index (Phi) is 6.50. The van der Waals surface area contributed by atoms with Crippen molar-refractivity contribution in [2.24, 2.45) is 0 Å². The zero-order valence-corrected chi connectivity index (χ0v) is 17.3. The Balaban J connectivity index is 1.85. The molecule has 2 aromatic carbocycles. The van der Waals surface area contributed by atoms with Gasteiger partial charge in [0.15, 0.2) is 0 Å². The summed E-state index contributed by atoms with van der Waals surface area (Å²) in [6.45, 7) is 0. The van der Waals surface area contributed by atoms with Crippen molar-refractivity contribution >= 4 is 52.5 Å². The average Bonchev–Trinajstić information content (AvgIpc) is 3.14. The number of amides is 1. The number of carbonyl (C=O) groups excluding carboxylic acids is 1. The largest absolute Gasteiger partial charge is 0.495 e. The number of nitrogens with zero attached hydrogens (tertiary/aromatic N) is 1. The number of furan rings is 1. The van der Waals surface area contributed by atoms with E-state index < -0.39 is 5.91 Å². The van der Waals surface area contributed by atoms with Gasteiger partial charge in [0.05, 0.1) is 17.8 Å². The second-order valence-electron chi connectivity index (χ2n) is 5.79. The van der Waals surface area contributed by atoms with Crippen LogP contribution < -0.4 is 10.1 Å². The van der Waals surface area contributed by atoms with Gasteiger partial charge in [-0.3, -0.25) is 4.79 Å². The summed E-state index contributed by atoms with van der Waals surface area (Å²) >= 11 is 18.1. The van der Waals surface area contributed by atoms with Crippen molar-refractivity contribution in [3.8, 4) is 23.1 Å². The van der Waals surface area contributed by atoms with Crippen LogP contribution in [0.2, 0.25) is 15.1 Å². The van der Waals surface area contributed by atoms with E-state index in [2.05, 4.69) is 5.32 Å². The summed E-state index contributed by atoms with van der Waals surface area (Å²) in [6.07, 6.45) is 1.33. The zero-order chi connectivity index (χ0) is 21.0. The van der Waals surface area contributed by atoms with Crippen LogP contribution in [0.3, 0.4) is 0 Å². The Morgan fingerprint density at radius 1 is 1.10 bits per heavy atom. The summed E-state index contributed by atoms with van der Waals surface area (Å²) in [5.74, 6) is 0.580. The van der Waals surface area contributed by atoms with Crippen LogP contribution in [0.15, 0.2) is 58.5 Å². The highest BCUT2D eigenvalue weighted by molar-refractivity contribution is 6.36. The van der Waals surface area contributed by atoms with Crippen LogP contribution in [0.4, 0.5) is 5.69 Å². The molecule has 1 aromatic heterocycles. The molecule has 1 heterocycles. The fourth-order valence-corrected chi connectivity index (χ4v) is 3.20. The van der Waals surface area contributed by atoms with Gasteiger partial charge in [0, 0.05) is 21.7 Å². The van der Waals surface area contributed by atoms with E-state index in [0.29, 0.717) is 43.6 Å². The maximum Gasteiger partial charge on any atom is 0.266 e. The fraction of sp³-hybridized carbons (Fsp3) is 0.0476. The number of hydrogen-bond donors (Lipinski definition) is 1. The summed E-state index contributed by atoms with van der Waals surface area (Å²) in [7, 11) is 1.46. The van der Waals surface area contributed by atoms with E-state index in [1.807, 2.05) is 6.07 Å². The van der Waals surface area contributed by atoms with Crippen molar-refractivity contribution in [1.29, 1.82) is 5.26 Å². The van der Waals surface area contributed by atoms with Crippen molar-refractivity contribution in [1.82, 2.24) is 0 Å². The Bertz CT molecular complexity index is 1150. The van der Waals surface area contributed by atoms with Gasteiger partial charge in [-0.05, 0) is 48.5 Å². The van der Waals surface area contributed by atoms with E-state index in [1.54, 1.807) is 42.5 Å². The third-order valence-electron chi connectivity index (χ3n) is 3.88. The van der Waals surface area contributed by atoms with Gasteiger partial charge in [-0.25, -0.2) is 0 Å². The number of anilines is 1. The topological polar surface area (TPSA) is 75.3 Å². The lowest BCUT2D eigenvalue weighted by molar-refractivity contribution is -0.112. The zero-order valence-electron chi connectivity index (χ0n) is 15.0. The summed E-state index contributed by atoms with van der Waals surface area (Å²) in [4.78, 5) is 12.5. The molecule has 3 rings (SSSR count). The second-order valence-corrected chi connectivity index (χ2v) is 7.07. The van der Waals surface area contributed by atoms with Gasteiger partial charge >= 0.3 is 0 Å². The molecule has 0 bridgehead atoms. The molecular weight excluding hydrogens is 435 g/mol. The molecule has 1 amide bonds. The normalized spacial score (nSPS) is 11.1. The Labute approximate surface area is 182 Å². The molecule has 0 atom stereocenters. The minimum atomic E-state index is -0.629. The first-order valence-corrected chi connectivity index (χ1v) is 9.36. The molecule has 3 aromatic rings. The molecule has 0 fully saturated rings.